The molecule has 4 rings (SSSR count). The quantitative estimate of drug-likeness (QED) is 0.840. The van der Waals surface area contributed by atoms with Gasteiger partial charge in [-0.05, 0) is 18.2 Å². The van der Waals surface area contributed by atoms with E-state index in [1.54, 1.807) is 0 Å². The number of hydrogen-bond acceptors (Lipinski definition) is 4. The smallest absolute Gasteiger partial charge is 0.237 e. The van der Waals surface area contributed by atoms with Crippen molar-refractivity contribution in [3.05, 3.63) is 53.3 Å². The molecule has 7 heteroatoms. The highest BCUT2D eigenvalue weighted by atomic mass is 16.2. The molecule has 3 heterocycles. The van der Waals surface area contributed by atoms with Crippen molar-refractivity contribution in [3.63, 3.8) is 0 Å². The van der Waals surface area contributed by atoms with Gasteiger partial charge in [0.15, 0.2) is 0 Å². The van der Waals surface area contributed by atoms with Crippen LogP contribution in [0.4, 0.5) is 0 Å². The number of amides is 2. The normalized spacial score (nSPS) is 20.0. The molecule has 28 heavy (non-hydrogen) atoms. The molecule has 7 nitrogen and oxygen atoms in total. The first kappa shape index (κ1) is 18.7. The predicted molar refractivity (Wildman–Crippen MR) is 106 cm³/mol. The van der Waals surface area contributed by atoms with Gasteiger partial charge in [0, 0.05) is 26.1 Å². The lowest BCUT2D eigenvalue weighted by atomic mass is 10.1. The van der Waals surface area contributed by atoms with E-state index in [4.69, 9.17) is 5.10 Å². The van der Waals surface area contributed by atoms with Crippen LogP contribution in [0.25, 0.3) is 0 Å². The Labute approximate surface area is 165 Å². The summed E-state index contributed by atoms with van der Waals surface area (Å²) in [5, 5.41) is 7.58. The molecule has 2 aliphatic heterocycles. The van der Waals surface area contributed by atoms with Crippen LogP contribution in [-0.4, -0.2) is 63.6 Å². The van der Waals surface area contributed by atoms with Crippen molar-refractivity contribution in [3.8, 4) is 0 Å². The standard InChI is InChI=1S/C21H27N5O2/c1-2-24-9-8-22-21(28)19(24)14-20(27)25-10-11-26-18(15-25)13-17(23-26)12-16-6-4-3-5-7-16/h3-7,13,19H,2,8-12,14-15H2,1H3,(H,22,28). The van der Waals surface area contributed by atoms with Crippen LogP contribution in [0.2, 0.25) is 0 Å². The van der Waals surface area contributed by atoms with Crippen molar-refractivity contribution in [2.75, 3.05) is 26.2 Å². The summed E-state index contributed by atoms with van der Waals surface area (Å²) >= 11 is 0. The number of rotatable bonds is 5. The highest BCUT2D eigenvalue weighted by Gasteiger charge is 2.33. The van der Waals surface area contributed by atoms with Crippen LogP contribution < -0.4 is 5.32 Å². The van der Waals surface area contributed by atoms with Gasteiger partial charge in [0.2, 0.25) is 11.8 Å². The van der Waals surface area contributed by atoms with Crippen molar-refractivity contribution in [1.29, 1.82) is 0 Å². The summed E-state index contributed by atoms with van der Waals surface area (Å²) < 4.78 is 2.01. The van der Waals surface area contributed by atoms with Crippen LogP contribution >= 0.6 is 0 Å². The lowest BCUT2D eigenvalue weighted by molar-refractivity contribution is -0.139. The van der Waals surface area contributed by atoms with Gasteiger partial charge in [-0.25, -0.2) is 0 Å². The zero-order valence-electron chi connectivity index (χ0n) is 16.3. The number of hydrogen-bond donors (Lipinski definition) is 1. The lowest BCUT2D eigenvalue weighted by Crippen LogP contribution is -2.56. The monoisotopic (exact) mass is 381 g/mol. The van der Waals surface area contributed by atoms with E-state index in [1.165, 1.54) is 5.56 Å². The minimum absolute atomic E-state index is 0.0337. The molecule has 148 valence electrons. The third-order valence-electron chi connectivity index (χ3n) is 5.65. The van der Waals surface area contributed by atoms with E-state index in [2.05, 4.69) is 28.4 Å². The van der Waals surface area contributed by atoms with E-state index >= 15 is 0 Å². The van der Waals surface area contributed by atoms with E-state index in [0.29, 0.717) is 26.2 Å². The zero-order valence-corrected chi connectivity index (χ0v) is 16.3. The van der Waals surface area contributed by atoms with Crippen LogP contribution in [0.3, 0.4) is 0 Å². The second-order valence-electron chi connectivity index (χ2n) is 7.47. The maximum Gasteiger partial charge on any atom is 0.237 e. The predicted octanol–water partition coefficient (Wildman–Crippen LogP) is 1.03. The van der Waals surface area contributed by atoms with Gasteiger partial charge >= 0.3 is 0 Å². The molecule has 2 amide bonds. The van der Waals surface area contributed by atoms with Gasteiger partial charge in [-0.2, -0.15) is 5.10 Å². The largest absolute Gasteiger partial charge is 0.353 e. The van der Waals surface area contributed by atoms with E-state index in [-0.39, 0.29) is 24.3 Å². The van der Waals surface area contributed by atoms with Gasteiger partial charge in [-0.1, -0.05) is 37.3 Å². The maximum atomic E-state index is 12.9. The Bertz CT molecular complexity index is 848. The van der Waals surface area contributed by atoms with Crippen molar-refractivity contribution in [1.82, 2.24) is 24.9 Å². The molecular formula is C21H27N5O2. The second-order valence-corrected chi connectivity index (χ2v) is 7.47. The third kappa shape index (κ3) is 3.94. The molecule has 0 aliphatic carbocycles. The molecule has 2 aliphatic rings. The van der Waals surface area contributed by atoms with Crippen LogP contribution in [0.1, 0.15) is 30.3 Å². The highest BCUT2D eigenvalue weighted by Crippen LogP contribution is 2.18. The summed E-state index contributed by atoms with van der Waals surface area (Å²) in [5.74, 6) is 0.00575. The van der Waals surface area contributed by atoms with Crippen LogP contribution in [-0.2, 0) is 29.1 Å². The molecule has 0 saturated carbocycles. The molecule has 1 saturated heterocycles. The Morgan fingerprint density at radius 2 is 2.04 bits per heavy atom. The van der Waals surface area contributed by atoms with E-state index in [0.717, 1.165) is 30.9 Å². The molecule has 0 bridgehead atoms. The van der Waals surface area contributed by atoms with Crippen molar-refractivity contribution < 1.29 is 9.59 Å². The fourth-order valence-corrected chi connectivity index (χ4v) is 4.09. The summed E-state index contributed by atoms with van der Waals surface area (Å²) in [7, 11) is 0. The minimum Gasteiger partial charge on any atom is -0.353 e. The Morgan fingerprint density at radius 1 is 1.21 bits per heavy atom. The number of piperazine rings is 1. The average Bonchev–Trinajstić information content (AvgIpc) is 3.11. The SMILES string of the molecule is CCN1CCNC(=O)C1CC(=O)N1CCn2nc(Cc3ccccc3)cc2C1. The highest BCUT2D eigenvalue weighted by molar-refractivity contribution is 5.88. The number of carbonyl (C=O) groups is 2. The first-order valence-electron chi connectivity index (χ1n) is 10.0. The Balaban J connectivity index is 1.40. The van der Waals surface area contributed by atoms with Gasteiger partial charge in [0.1, 0.15) is 0 Å². The van der Waals surface area contributed by atoms with Crippen LogP contribution in [0.5, 0.6) is 0 Å². The first-order valence-corrected chi connectivity index (χ1v) is 10.0. The van der Waals surface area contributed by atoms with E-state index in [1.807, 2.05) is 34.7 Å². The van der Waals surface area contributed by atoms with Crippen molar-refractivity contribution >= 4 is 11.8 Å². The summed E-state index contributed by atoms with van der Waals surface area (Å²) in [6, 6.07) is 12.0. The Hall–Kier alpha value is -2.67. The summed E-state index contributed by atoms with van der Waals surface area (Å²) in [6.45, 7) is 6.16. The van der Waals surface area contributed by atoms with Crippen molar-refractivity contribution in [2.24, 2.45) is 0 Å². The number of fused-ring (bicyclic) bond motifs is 1. The summed E-state index contributed by atoms with van der Waals surface area (Å²) in [5.41, 5.74) is 3.32. The third-order valence-corrected chi connectivity index (χ3v) is 5.65. The Kier molecular flexibility index (Phi) is 5.43. The topological polar surface area (TPSA) is 70.5 Å². The molecular weight excluding hydrogens is 354 g/mol. The molecule has 1 aromatic heterocycles. The first-order chi connectivity index (χ1) is 13.6. The lowest BCUT2D eigenvalue weighted by Gasteiger charge is -2.35. The maximum absolute atomic E-state index is 12.9. The molecule has 2 aromatic rings. The zero-order chi connectivity index (χ0) is 19.5. The van der Waals surface area contributed by atoms with E-state index in [9.17, 15) is 9.59 Å². The number of aromatic nitrogens is 2. The average molecular weight is 381 g/mol. The van der Waals surface area contributed by atoms with Crippen LogP contribution in [0.15, 0.2) is 36.4 Å². The van der Waals surface area contributed by atoms with Crippen LogP contribution in [0, 0.1) is 0 Å². The second kappa shape index (κ2) is 8.14. The van der Waals surface area contributed by atoms with Gasteiger partial charge in [0.05, 0.1) is 36.9 Å². The molecule has 0 spiro atoms. The van der Waals surface area contributed by atoms with Gasteiger partial charge in [0.25, 0.3) is 0 Å². The fraction of sp³-hybridized carbons (Fsp3) is 0.476. The molecule has 1 unspecified atom stereocenters. The number of carbonyl (C=O) groups excluding carboxylic acids is 2. The summed E-state index contributed by atoms with van der Waals surface area (Å²) in [4.78, 5) is 29.0. The van der Waals surface area contributed by atoms with Gasteiger partial charge in [-0.15, -0.1) is 0 Å². The molecule has 0 radical (unpaired) electrons. The van der Waals surface area contributed by atoms with Gasteiger partial charge in [-0.3, -0.25) is 19.2 Å². The number of nitrogens with zero attached hydrogens (tertiary/aromatic N) is 4. The van der Waals surface area contributed by atoms with Crippen molar-refractivity contribution in [2.45, 2.75) is 38.9 Å². The van der Waals surface area contributed by atoms with Gasteiger partial charge < -0.3 is 10.2 Å². The van der Waals surface area contributed by atoms with E-state index < -0.39 is 0 Å². The molecule has 1 atom stereocenters. The summed E-state index contributed by atoms with van der Waals surface area (Å²) in [6.07, 6.45) is 1.03. The molecule has 1 N–H and O–H groups in total. The Morgan fingerprint density at radius 3 is 2.82 bits per heavy atom. The number of benzene rings is 1. The number of nitrogens with one attached hydrogen (secondary N) is 1. The molecule has 1 fully saturated rings. The minimum atomic E-state index is -0.355. The molecule has 1 aromatic carbocycles. The number of likely N-dealkylation sites (N-methyl/N-ethyl adjacent to an activating group) is 1. The fourth-order valence-electron chi connectivity index (χ4n) is 4.09.